The first-order chi connectivity index (χ1) is 11.2. The minimum Gasteiger partial charge on any atom is -0.473 e. The van der Waals surface area contributed by atoms with Crippen LogP contribution in [0.15, 0.2) is 42.9 Å². The summed E-state index contributed by atoms with van der Waals surface area (Å²) in [6.45, 7) is 1.99. The fourth-order valence-corrected chi connectivity index (χ4v) is 2.90. The monoisotopic (exact) mass is 311 g/mol. The van der Waals surface area contributed by atoms with Crippen molar-refractivity contribution in [2.75, 3.05) is 0 Å². The number of aryl methyl sites for hydroxylation is 1. The van der Waals surface area contributed by atoms with Gasteiger partial charge in [-0.2, -0.15) is 0 Å². The first-order valence-corrected chi connectivity index (χ1v) is 8.01. The number of rotatable bonds is 4. The fraction of sp³-hybridized carbons (Fsp3) is 0.389. The van der Waals surface area contributed by atoms with Crippen LogP contribution >= 0.6 is 0 Å². The van der Waals surface area contributed by atoms with Crippen LogP contribution in [0.3, 0.4) is 0 Å². The zero-order valence-corrected chi connectivity index (χ0v) is 13.2. The van der Waals surface area contributed by atoms with Gasteiger partial charge in [-0.05, 0) is 44.7 Å². The van der Waals surface area contributed by atoms with E-state index in [1.165, 1.54) is 0 Å². The van der Waals surface area contributed by atoms with E-state index in [4.69, 9.17) is 4.74 Å². The molecular weight excluding hydrogens is 290 g/mol. The third-order valence-corrected chi connectivity index (χ3v) is 4.12. The molecule has 0 aliphatic heterocycles. The number of carbonyl (C=O) groups is 1. The molecule has 120 valence electrons. The average Bonchev–Trinajstić information content (AvgIpc) is 2.57. The van der Waals surface area contributed by atoms with Crippen LogP contribution in [0.5, 0.6) is 5.88 Å². The Kier molecular flexibility index (Phi) is 4.86. The first kappa shape index (κ1) is 15.5. The van der Waals surface area contributed by atoms with Crippen molar-refractivity contribution in [1.29, 1.82) is 0 Å². The van der Waals surface area contributed by atoms with Gasteiger partial charge in [0.05, 0.1) is 6.20 Å². The van der Waals surface area contributed by atoms with E-state index in [9.17, 15) is 4.79 Å². The summed E-state index contributed by atoms with van der Waals surface area (Å²) in [7, 11) is 0. The van der Waals surface area contributed by atoms with Crippen LogP contribution in [0.4, 0.5) is 0 Å². The van der Waals surface area contributed by atoms with E-state index in [2.05, 4.69) is 15.3 Å². The average molecular weight is 311 g/mol. The van der Waals surface area contributed by atoms with Crippen molar-refractivity contribution in [3.05, 3.63) is 54.0 Å². The zero-order chi connectivity index (χ0) is 16.1. The lowest BCUT2D eigenvalue weighted by Crippen LogP contribution is -2.39. The number of nitrogens with one attached hydrogen (secondary N) is 1. The van der Waals surface area contributed by atoms with Crippen LogP contribution in [0.25, 0.3) is 0 Å². The molecule has 1 amide bonds. The van der Waals surface area contributed by atoms with Gasteiger partial charge in [0, 0.05) is 24.0 Å². The molecule has 0 unspecified atom stereocenters. The highest BCUT2D eigenvalue weighted by molar-refractivity contribution is 5.94. The molecule has 1 fully saturated rings. The van der Waals surface area contributed by atoms with E-state index in [1.54, 1.807) is 18.6 Å². The van der Waals surface area contributed by atoms with Crippen molar-refractivity contribution in [1.82, 2.24) is 15.3 Å². The molecule has 1 aliphatic carbocycles. The Morgan fingerprint density at radius 1 is 1.22 bits per heavy atom. The van der Waals surface area contributed by atoms with Gasteiger partial charge in [0.25, 0.3) is 5.91 Å². The lowest BCUT2D eigenvalue weighted by molar-refractivity contribution is 0.0889. The van der Waals surface area contributed by atoms with Gasteiger partial charge in [0.15, 0.2) is 0 Å². The number of ether oxygens (including phenoxy) is 1. The molecule has 1 aromatic carbocycles. The third kappa shape index (κ3) is 4.28. The fourth-order valence-electron chi connectivity index (χ4n) is 2.90. The Balaban J connectivity index is 1.48. The molecule has 0 radical (unpaired) electrons. The number of hydrogen-bond donors (Lipinski definition) is 1. The molecule has 5 nitrogen and oxygen atoms in total. The van der Waals surface area contributed by atoms with E-state index >= 15 is 0 Å². The molecule has 1 heterocycles. The first-order valence-electron chi connectivity index (χ1n) is 8.01. The number of carbonyl (C=O) groups excluding carboxylic acids is 1. The maximum Gasteiger partial charge on any atom is 0.251 e. The summed E-state index contributed by atoms with van der Waals surface area (Å²) in [5.41, 5.74) is 1.82. The van der Waals surface area contributed by atoms with Crippen LogP contribution in [-0.2, 0) is 0 Å². The molecule has 0 bridgehead atoms. The van der Waals surface area contributed by atoms with Gasteiger partial charge in [0.1, 0.15) is 6.10 Å². The van der Waals surface area contributed by atoms with Gasteiger partial charge in [-0.1, -0.05) is 17.7 Å². The van der Waals surface area contributed by atoms with E-state index in [-0.39, 0.29) is 18.1 Å². The zero-order valence-electron chi connectivity index (χ0n) is 13.2. The van der Waals surface area contributed by atoms with Gasteiger partial charge in [-0.25, -0.2) is 4.98 Å². The molecule has 1 N–H and O–H groups in total. The summed E-state index contributed by atoms with van der Waals surface area (Å²) in [4.78, 5) is 20.4. The highest BCUT2D eigenvalue weighted by Crippen LogP contribution is 2.22. The molecule has 0 saturated heterocycles. The van der Waals surface area contributed by atoms with Crippen molar-refractivity contribution in [2.24, 2.45) is 0 Å². The summed E-state index contributed by atoms with van der Waals surface area (Å²) < 4.78 is 5.82. The minimum absolute atomic E-state index is 0.00648. The van der Waals surface area contributed by atoms with Crippen molar-refractivity contribution < 1.29 is 9.53 Å². The van der Waals surface area contributed by atoms with Crippen LogP contribution in [0, 0.1) is 6.92 Å². The smallest absolute Gasteiger partial charge is 0.251 e. The molecule has 23 heavy (non-hydrogen) atoms. The second kappa shape index (κ2) is 7.22. The minimum atomic E-state index is 0.00648. The van der Waals surface area contributed by atoms with E-state index in [0.29, 0.717) is 5.88 Å². The summed E-state index contributed by atoms with van der Waals surface area (Å²) in [6, 6.07) is 7.88. The number of aromatic nitrogens is 2. The molecular formula is C18H21N3O2. The van der Waals surface area contributed by atoms with Gasteiger partial charge >= 0.3 is 0 Å². The standard InChI is InChI=1S/C18H21N3O2/c1-13-3-2-4-14(11-13)18(22)21-15-5-7-16(8-6-15)23-17-12-19-9-10-20-17/h2-4,9-12,15-16H,5-8H2,1H3,(H,21,22). The summed E-state index contributed by atoms with van der Waals surface area (Å²) >= 11 is 0. The summed E-state index contributed by atoms with van der Waals surface area (Å²) in [5.74, 6) is 0.576. The van der Waals surface area contributed by atoms with E-state index in [0.717, 1.165) is 36.8 Å². The molecule has 0 atom stereocenters. The maximum atomic E-state index is 12.3. The maximum absolute atomic E-state index is 12.3. The lowest BCUT2D eigenvalue weighted by Gasteiger charge is -2.29. The SMILES string of the molecule is Cc1cccc(C(=O)NC2CCC(Oc3cnccn3)CC2)c1. The van der Waals surface area contributed by atoms with E-state index < -0.39 is 0 Å². The Morgan fingerprint density at radius 2 is 2.04 bits per heavy atom. The Bertz CT molecular complexity index is 652. The number of amides is 1. The highest BCUT2D eigenvalue weighted by Gasteiger charge is 2.24. The second-order valence-electron chi connectivity index (χ2n) is 5.98. The Morgan fingerprint density at radius 3 is 2.74 bits per heavy atom. The molecule has 1 saturated carbocycles. The molecule has 1 aromatic heterocycles. The topological polar surface area (TPSA) is 64.1 Å². The second-order valence-corrected chi connectivity index (χ2v) is 5.98. The van der Waals surface area contributed by atoms with Gasteiger partial charge in [0.2, 0.25) is 5.88 Å². The molecule has 0 spiro atoms. The van der Waals surface area contributed by atoms with Crippen LogP contribution < -0.4 is 10.1 Å². The van der Waals surface area contributed by atoms with Gasteiger partial charge in [-0.3, -0.25) is 9.78 Å². The van der Waals surface area contributed by atoms with E-state index in [1.807, 2.05) is 31.2 Å². The quantitative estimate of drug-likeness (QED) is 0.943. The van der Waals surface area contributed by atoms with Crippen LogP contribution in [0.2, 0.25) is 0 Å². The normalized spacial score (nSPS) is 20.7. The van der Waals surface area contributed by atoms with Gasteiger partial charge in [-0.15, -0.1) is 0 Å². The molecule has 3 rings (SSSR count). The molecule has 2 aromatic rings. The summed E-state index contributed by atoms with van der Waals surface area (Å²) in [5, 5.41) is 3.12. The predicted octanol–water partition coefficient (Wildman–Crippen LogP) is 2.91. The number of hydrogen-bond acceptors (Lipinski definition) is 4. The highest BCUT2D eigenvalue weighted by atomic mass is 16.5. The van der Waals surface area contributed by atoms with Crippen LogP contribution in [0.1, 0.15) is 41.6 Å². The molecule has 5 heteroatoms. The third-order valence-electron chi connectivity index (χ3n) is 4.12. The van der Waals surface area contributed by atoms with Crippen molar-refractivity contribution in [2.45, 2.75) is 44.8 Å². The van der Waals surface area contributed by atoms with Crippen molar-refractivity contribution in [3.8, 4) is 5.88 Å². The van der Waals surface area contributed by atoms with Gasteiger partial charge < -0.3 is 10.1 Å². The largest absolute Gasteiger partial charge is 0.473 e. The van der Waals surface area contributed by atoms with Crippen molar-refractivity contribution >= 4 is 5.91 Å². The van der Waals surface area contributed by atoms with Crippen LogP contribution in [-0.4, -0.2) is 28.0 Å². The van der Waals surface area contributed by atoms with Crippen molar-refractivity contribution in [3.63, 3.8) is 0 Å². The lowest BCUT2D eigenvalue weighted by atomic mass is 9.92. The predicted molar refractivity (Wildman–Crippen MR) is 87.3 cm³/mol. The number of nitrogens with zero attached hydrogens (tertiary/aromatic N) is 2. The Labute approximate surface area is 136 Å². The Hall–Kier alpha value is -2.43. The molecule has 1 aliphatic rings. The number of benzene rings is 1. The summed E-state index contributed by atoms with van der Waals surface area (Å²) in [6.07, 6.45) is 8.70.